The van der Waals surface area contributed by atoms with Crippen molar-refractivity contribution in [3.63, 3.8) is 0 Å². The van der Waals surface area contributed by atoms with Crippen LogP contribution in [0, 0.1) is 0 Å². The maximum Gasteiger partial charge on any atom is 0.0548 e. The molecule has 3 nitrogen and oxygen atoms in total. The molecule has 0 fully saturated rings. The molecule has 0 N–H and O–H groups in total. The Labute approximate surface area is 282 Å². The van der Waals surface area contributed by atoms with Gasteiger partial charge in [-0.25, -0.2) is 0 Å². The molecule has 0 radical (unpaired) electrons. The fourth-order valence-electron chi connectivity index (χ4n) is 8.26. The van der Waals surface area contributed by atoms with Gasteiger partial charge in [0.1, 0.15) is 0 Å². The summed E-state index contributed by atoms with van der Waals surface area (Å²) in [7, 11) is 0. The van der Waals surface area contributed by atoms with Crippen LogP contribution in [-0.4, -0.2) is 13.7 Å². The second-order valence-corrected chi connectivity index (χ2v) is 13.0. The van der Waals surface area contributed by atoms with Gasteiger partial charge in [0.2, 0.25) is 0 Å². The van der Waals surface area contributed by atoms with Crippen LogP contribution in [0.25, 0.3) is 93.3 Å². The smallest absolute Gasteiger partial charge is 0.0548 e. The summed E-state index contributed by atoms with van der Waals surface area (Å²) in [6.45, 7) is 0. The summed E-state index contributed by atoms with van der Waals surface area (Å²) >= 11 is 0. The third kappa shape index (κ3) is 3.73. The van der Waals surface area contributed by atoms with Gasteiger partial charge < -0.3 is 13.7 Å². The van der Waals surface area contributed by atoms with E-state index < -0.39 is 0 Å². The first kappa shape index (κ1) is 26.5. The molecule has 0 saturated carbocycles. The number of benzene rings is 8. The van der Waals surface area contributed by atoms with E-state index in [0.717, 1.165) is 5.69 Å². The zero-order valence-corrected chi connectivity index (χ0v) is 26.6. The lowest BCUT2D eigenvalue weighted by atomic mass is 10.1. The van der Waals surface area contributed by atoms with Crippen molar-refractivity contribution >= 4 is 76.2 Å². The van der Waals surface area contributed by atoms with Crippen LogP contribution in [0.15, 0.2) is 176 Å². The molecule has 0 spiro atoms. The first-order valence-corrected chi connectivity index (χ1v) is 16.9. The Hall–Kier alpha value is -6.58. The van der Waals surface area contributed by atoms with Crippen LogP contribution in [0.4, 0.5) is 0 Å². The molecule has 3 aromatic heterocycles. The van der Waals surface area contributed by atoms with Crippen molar-refractivity contribution in [3.05, 3.63) is 176 Å². The minimum Gasteiger partial charge on any atom is -0.309 e. The van der Waals surface area contributed by atoms with Gasteiger partial charge in [-0.15, -0.1) is 0 Å². The Bertz CT molecular complexity index is 3100. The molecule has 3 heteroatoms. The number of nitrogens with zero attached hydrogens (tertiary/aromatic N) is 3. The summed E-state index contributed by atoms with van der Waals surface area (Å²) in [4.78, 5) is 0. The van der Waals surface area contributed by atoms with Crippen molar-refractivity contribution in [2.75, 3.05) is 0 Å². The molecule has 0 aliphatic heterocycles. The lowest BCUT2D eigenvalue weighted by Crippen LogP contribution is -1.96. The zero-order valence-electron chi connectivity index (χ0n) is 26.6. The van der Waals surface area contributed by atoms with E-state index in [2.05, 4.69) is 190 Å². The minimum atomic E-state index is 1.16. The maximum absolute atomic E-state index is 2.46. The Morgan fingerprint density at radius 1 is 0.224 bits per heavy atom. The normalized spacial score (nSPS) is 12.1. The number of aromatic nitrogens is 3. The van der Waals surface area contributed by atoms with E-state index in [9.17, 15) is 0 Å². The molecular weight excluding hydrogens is 595 g/mol. The van der Waals surface area contributed by atoms with E-state index in [4.69, 9.17) is 0 Å². The molecule has 3 heterocycles. The van der Waals surface area contributed by atoms with Crippen LogP contribution in [0.2, 0.25) is 0 Å². The predicted octanol–water partition coefficient (Wildman–Crippen LogP) is 12.1. The van der Waals surface area contributed by atoms with Gasteiger partial charge in [-0.3, -0.25) is 0 Å². The molecule has 228 valence electrons. The van der Waals surface area contributed by atoms with Crippen molar-refractivity contribution in [2.24, 2.45) is 0 Å². The van der Waals surface area contributed by atoms with Crippen LogP contribution in [-0.2, 0) is 0 Å². The highest BCUT2D eigenvalue weighted by atomic mass is 15.0. The molecule has 49 heavy (non-hydrogen) atoms. The van der Waals surface area contributed by atoms with E-state index in [1.807, 2.05) is 0 Å². The fraction of sp³-hybridized carbons (Fsp3) is 0. The first-order chi connectivity index (χ1) is 24.3. The average Bonchev–Trinajstić information content (AvgIpc) is 3.79. The van der Waals surface area contributed by atoms with Gasteiger partial charge in [0.05, 0.1) is 33.1 Å². The molecule has 8 aromatic carbocycles. The molecule has 11 aromatic rings. The van der Waals surface area contributed by atoms with Crippen LogP contribution >= 0.6 is 0 Å². The Balaban J connectivity index is 1.21. The van der Waals surface area contributed by atoms with Gasteiger partial charge in [0.25, 0.3) is 0 Å². The van der Waals surface area contributed by atoms with Crippen molar-refractivity contribution < 1.29 is 0 Å². The van der Waals surface area contributed by atoms with Crippen molar-refractivity contribution in [1.29, 1.82) is 0 Å². The van der Waals surface area contributed by atoms with Crippen LogP contribution < -0.4 is 0 Å². The summed E-state index contributed by atoms with van der Waals surface area (Å²) in [5.74, 6) is 0. The second kappa shape index (κ2) is 9.96. The minimum absolute atomic E-state index is 1.16. The summed E-state index contributed by atoms with van der Waals surface area (Å²) in [6, 6.07) is 64.3. The van der Waals surface area contributed by atoms with Gasteiger partial charge in [0, 0.05) is 49.4 Å². The molecular formula is C46H29N3. The van der Waals surface area contributed by atoms with Crippen LogP contribution in [0.1, 0.15) is 0 Å². The summed E-state index contributed by atoms with van der Waals surface area (Å²) < 4.78 is 7.28. The molecule has 0 amide bonds. The Morgan fingerprint density at radius 3 is 1.29 bits per heavy atom. The molecule has 0 aliphatic rings. The van der Waals surface area contributed by atoms with E-state index in [1.165, 1.54) is 87.6 Å². The first-order valence-electron chi connectivity index (χ1n) is 16.9. The number of fused-ring (bicyclic) bond motifs is 10. The predicted molar refractivity (Wildman–Crippen MR) is 207 cm³/mol. The Morgan fingerprint density at radius 2 is 0.653 bits per heavy atom. The number of rotatable bonds is 3. The van der Waals surface area contributed by atoms with Gasteiger partial charge in [-0.05, 0) is 83.6 Å². The zero-order chi connectivity index (χ0) is 32.1. The standard InChI is InChI=1S/C46H29N3/c1-2-14-32(15-3-1)47-41-19-9-7-17-36(41)39-29-46-40(28-45(39)47)37-18-8-11-21-43(37)49(46)34-24-25-44-38(27-34)35-16-6-10-20-42(35)48(44)33-23-22-30-12-4-5-13-31(30)26-33/h1-29H. The lowest BCUT2D eigenvalue weighted by molar-refractivity contribution is 1.17. The van der Waals surface area contributed by atoms with Crippen molar-refractivity contribution in [2.45, 2.75) is 0 Å². The van der Waals surface area contributed by atoms with E-state index >= 15 is 0 Å². The summed E-state index contributed by atoms with van der Waals surface area (Å²) in [5.41, 5.74) is 10.8. The topological polar surface area (TPSA) is 14.8 Å². The van der Waals surface area contributed by atoms with Crippen molar-refractivity contribution in [3.8, 4) is 17.1 Å². The molecule has 11 rings (SSSR count). The van der Waals surface area contributed by atoms with Gasteiger partial charge in [0.15, 0.2) is 0 Å². The highest BCUT2D eigenvalue weighted by molar-refractivity contribution is 6.19. The maximum atomic E-state index is 2.46. The fourth-order valence-corrected chi connectivity index (χ4v) is 8.26. The molecule has 0 saturated heterocycles. The molecule has 0 unspecified atom stereocenters. The van der Waals surface area contributed by atoms with Gasteiger partial charge in [-0.1, -0.05) is 103 Å². The average molecular weight is 624 g/mol. The van der Waals surface area contributed by atoms with Crippen LogP contribution in [0.3, 0.4) is 0 Å². The molecule has 0 atom stereocenters. The highest BCUT2D eigenvalue weighted by Gasteiger charge is 2.20. The lowest BCUT2D eigenvalue weighted by Gasteiger charge is -2.11. The number of para-hydroxylation sites is 4. The number of hydrogen-bond donors (Lipinski definition) is 0. The summed E-state index contributed by atoms with van der Waals surface area (Å²) in [5, 5.41) is 10.0. The highest BCUT2D eigenvalue weighted by Crippen LogP contribution is 2.41. The van der Waals surface area contributed by atoms with Crippen molar-refractivity contribution in [1.82, 2.24) is 13.7 Å². The van der Waals surface area contributed by atoms with Crippen LogP contribution in [0.5, 0.6) is 0 Å². The largest absolute Gasteiger partial charge is 0.309 e. The second-order valence-electron chi connectivity index (χ2n) is 13.0. The van der Waals surface area contributed by atoms with E-state index in [-0.39, 0.29) is 0 Å². The summed E-state index contributed by atoms with van der Waals surface area (Å²) in [6.07, 6.45) is 0. The van der Waals surface area contributed by atoms with E-state index in [0.29, 0.717) is 0 Å². The Kier molecular flexibility index (Phi) is 5.38. The molecule has 0 aliphatic carbocycles. The SMILES string of the molecule is c1ccc(-n2c3ccccc3c3cc4c(cc32)c2ccccc2n4-c2ccc3c(c2)c2ccccc2n3-c2ccc3ccccc3c2)cc1. The third-order valence-corrected chi connectivity index (χ3v) is 10.4. The third-order valence-electron chi connectivity index (χ3n) is 10.4. The van der Waals surface area contributed by atoms with Gasteiger partial charge >= 0.3 is 0 Å². The number of hydrogen-bond acceptors (Lipinski definition) is 0. The van der Waals surface area contributed by atoms with E-state index in [1.54, 1.807) is 0 Å². The quantitative estimate of drug-likeness (QED) is 0.186. The molecule has 0 bridgehead atoms. The van der Waals surface area contributed by atoms with Gasteiger partial charge in [-0.2, -0.15) is 0 Å². The monoisotopic (exact) mass is 623 g/mol.